The lowest BCUT2D eigenvalue weighted by molar-refractivity contribution is -0.129. The summed E-state index contributed by atoms with van der Waals surface area (Å²) in [4.78, 5) is 25.7. The molecule has 6 nitrogen and oxygen atoms in total. The fourth-order valence-electron chi connectivity index (χ4n) is 2.36. The number of hydrogen-bond acceptors (Lipinski definition) is 4. The van der Waals surface area contributed by atoms with E-state index in [9.17, 15) is 18.0 Å². The average molecular weight is 324 g/mol. The van der Waals surface area contributed by atoms with E-state index in [1.54, 1.807) is 0 Å². The molecule has 0 atom stereocenters. The van der Waals surface area contributed by atoms with Crippen LogP contribution in [0.25, 0.3) is 0 Å². The third kappa shape index (κ3) is 4.30. The van der Waals surface area contributed by atoms with Gasteiger partial charge in [-0.05, 0) is 37.1 Å². The molecule has 0 bridgehead atoms. The molecule has 120 valence electrons. The Morgan fingerprint density at radius 1 is 1.14 bits per heavy atom. The lowest BCUT2D eigenvalue weighted by atomic mass is 10.2. The van der Waals surface area contributed by atoms with Crippen molar-refractivity contribution in [2.75, 3.05) is 25.9 Å². The third-order valence-corrected chi connectivity index (χ3v) is 4.76. The Labute approximate surface area is 130 Å². The van der Waals surface area contributed by atoms with Gasteiger partial charge >= 0.3 is 0 Å². The Morgan fingerprint density at radius 2 is 1.73 bits per heavy atom. The van der Waals surface area contributed by atoms with Crippen LogP contribution in [0.2, 0.25) is 0 Å². The van der Waals surface area contributed by atoms with Gasteiger partial charge in [0.2, 0.25) is 5.91 Å². The molecule has 1 aliphatic heterocycles. The fourth-order valence-corrected chi connectivity index (χ4v) is 2.99. The zero-order chi connectivity index (χ0) is 16.2. The fraction of sp³-hybridized carbons (Fsp3) is 0.467. The van der Waals surface area contributed by atoms with E-state index in [1.165, 1.54) is 24.3 Å². The van der Waals surface area contributed by atoms with E-state index in [-0.39, 0.29) is 29.7 Å². The van der Waals surface area contributed by atoms with Gasteiger partial charge in [-0.25, -0.2) is 8.42 Å². The van der Waals surface area contributed by atoms with E-state index in [4.69, 9.17) is 0 Å². The van der Waals surface area contributed by atoms with Crippen molar-refractivity contribution in [2.45, 2.75) is 24.2 Å². The maximum absolute atomic E-state index is 11.9. The molecular weight excluding hydrogens is 304 g/mol. The van der Waals surface area contributed by atoms with E-state index >= 15 is 0 Å². The standard InChI is InChI=1S/C15H20N2O4S/c1-22(20,21)13-6-4-12(5-7-13)15(19)16-9-8-14(18)17-10-2-3-11-17/h4-7H,2-3,8-11H2,1H3,(H,16,19). The van der Waals surface area contributed by atoms with Crippen LogP contribution in [0, 0.1) is 0 Å². The quantitative estimate of drug-likeness (QED) is 0.869. The molecule has 1 heterocycles. The third-order valence-electron chi connectivity index (χ3n) is 3.63. The van der Waals surface area contributed by atoms with Crippen molar-refractivity contribution in [1.82, 2.24) is 10.2 Å². The van der Waals surface area contributed by atoms with Gasteiger partial charge < -0.3 is 10.2 Å². The lowest BCUT2D eigenvalue weighted by Gasteiger charge is -2.15. The molecule has 1 fully saturated rings. The molecule has 1 saturated heterocycles. The molecule has 1 aromatic carbocycles. The van der Waals surface area contributed by atoms with Crippen LogP contribution in [0.3, 0.4) is 0 Å². The first kappa shape index (κ1) is 16.5. The number of hydrogen-bond donors (Lipinski definition) is 1. The summed E-state index contributed by atoms with van der Waals surface area (Å²) < 4.78 is 22.7. The smallest absolute Gasteiger partial charge is 0.251 e. The van der Waals surface area contributed by atoms with Crippen LogP contribution in [0.4, 0.5) is 0 Å². The number of nitrogens with zero attached hydrogens (tertiary/aromatic N) is 1. The first-order valence-corrected chi connectivity index (χ1v) is 9.13. The molecule has 1 N–H and O–H groups in total. The Bertz CT molecular complexity index is 647. The number of benzene rings is 1. The minimum absolute atomic E-state index is 0.0604. The van der Waals surface area contributed by atoms with Gasteiger partial charge in [-0.1, -0.05) is 0 Å². The Morgan fingerprint density at radius 3 is 2.27 bits per heavy atom. The highest BCUT2D eigenvalue weighted by Crippen LogP contribution is 2.11. The Hall–Kier alpha value is -1.89. The summed E-state index contributed by atoms with van der Waals surface area (Å²) in [5, 5.41) is 2.68. The number of carbonyl (C=O) groups is 2. The van der Waals surface area contributed by atoms with Gasteiger partial charge in [-0.3, -0.25) is 9.59 Å². The van der Waals surface area contributed by atoms with Crippen molar-refractivity contribution in [3.63, 3.8) is 0 Å². The predicted molar refractivity (Wildman–Crippen MR) is 82.3 cm³/mol. The summed E-state index contributed by atoms with van der Waals surface area (Å²) in [7, 11) is -3.26. The minimum atomic E-state index is -3.26. The summed E-state index contributed by atoms with van der Waals surface area (Å²) in [5.41, 5.74) is 0.376. The van der Waals surface area contributed by atoms with E-state index in [2.05, 4.69) is 5.32 Å². The summed E-state index contributed by atoms with van der Waals surface area (Å²) in [6.07, 6.45) is 3.49. The van der Waals surface area contributed by atoms with Crippen molar-refractivity contribution < 1.29 is 18.0 Å². The molecule has 22 heavy (non-hydrogen) atoms. The normalized spacial score (nSPS) is 14.9. The van der Waals surface area contributed by atoms with Gasteiger partial charge in [0.25, 0.3) is 5.91 Å². The highest BCUT2D eigenvalue weighted by Gasteiger charge is 2.17. The number of likely N-dealkylation sites (tertiary alicyclic amines) is 1. The molecule has 0 saturated carbocycles. The largest absolute Gasteiger partial charge is 0.352 e. The summed E-state index contributed by atoms with van der Waals surface area (Å²) in [6, 6.07) is 5.74. The van der Waals surface area contributed by atoms with Gasteiger partial charge in [0.05, 0.1) is 4.90 Å². The molecule has 2 amide bonds. The molecule has 1 aromatic rings. The highest BCUT2D eigenvalue weighted by atomic mass is 32.2. The number of carbonyl (C=O) groups excluding carboxylic acids is 2. The van der Waals surface area contributed by atoms with Crippen molar-refractivity contribution in [3.05, 3.63) is 29.8 Å². The van der Waals surface area contributed by atoms with Crippen molar-refractivity contribution in [2.24, 2.45) is 0 Å². The molecule has 0 aromatic heterocycles. The molecular formula is C15H20N2O4S. The molecule has 0 spiro atoms. The highest BCUT2D eigenvalue weighted by molar-refractivity contribution is 7.90. The van der Waals surface area contributed by atoms with E-state index < -0.39 is 9.84 Å². The molecule has 0 radical (unpaired) electrons. The Balaban J connectivity index is 1.83. The topological polar surface area (TPSA) is 83.5 Å². The molecule has 1 aliphatic rings. The Kier molecular flexibility index (Phi) is 5.18. The van der Waals surface area contributed by atoms with Gasteiger partial charge in [-0.2, -0.15) is 0 Å². The predicted octanol–water partition coefficient (Wildman–Crippen LogP) is 0.832. The average Bonchev–Trinajstić information content (AvgIpc) is 3.00. The lowest BCUT2D eigenvalue weighted by Crippen LogP contribution is -2.32. The van der Waals surface area contributed by atoms with Gasteiger partial charge in [0.1, 0.15) is 0 Å². The van der Waals surface area contributed by atoms with E-state index in [0.29, 0.717) is 5.56 Å². The number of amides is 2. The first-order valence-electron chi connectivity index (χ1n) is 7.24. The molecule has 0 unspecified atom stereocenters. The minimum Gasteiger partial charge on any atom is -0.352 e. The molecule has 2 rings (SSSR count). The molecule has 0 aliphatic carbocycles. The van der Waals surface area contributed by atoms with Crippen LogP contribution >= 0.6 is 0 Å². The van der Waals surface area contributed by atoms with Gasteiger partial charge in [-0.15, -0.1) is 0 Å². The van der Waals surface area contributed by atoms with Crippen LogP contribution < -0.4 is 5.32 Å². The number of sulfone groups is 1. The number of nitrogens with one attached hydrogen (secondary N) is 1. The van der Waals surface area contributed by atoms with Crippen LogP contribution in [0.5, 0.6) is 0 Å². The monoisotopic (exact) mass is 324 g/mol. The second-order valence-corrected chi connectivity index (χ2v) is 7.41. The summed E-state index contributed by atoms with van der Waals surface area (Å²) in [5.74, 6) is -0.250. The van der Waals surface area contributed by atoms with Crippen LogP contribution in [-0.4, -0.2) is 51.0 Å². The van der Waals surface area contributed by atoms with Gasteiger partial charge in [0.15, 0.2) is 9.84 Å². The van der Waals surface area contributed by atoms with Crippen LogP contribution in [-0.2, 0) is 14.6 Å². The second-order valence-electron chi connectivity index (χ2n) is 5.39. The number of rotatable bonds is 5. The van der Waals surface area contributed by atoms with Crippen LogP contribution in [0.1, 0.15) is 29.6 Å². The summed E-state index contributed by atoms with van der Waals surface area (Å²) in [6.45, 7) is 1.89. The summed E-state index contributed by atoms with van der Waals surface area (Å²) >= 11 is 0. The van der Waals surface area contributed by atoms with Crippen molar-refractivity contribution >= 4 is 21.7 Å². The zero-order valence-electron chi connectivity index (χ0n) is 12.5. The first-order chi connectivity index (χ1) is 10.4. The van der Waals surface area contributed by atoms with Crippen molar-refractivity contribution in [1.29, 1.82) is 0 Å². The van der Waals surface area contributed by atoms with Gasteiger partial charge in [0, 0.05) is 37.9 Å². The van der Waals surface area contributed by atoms with Crippen molar-refractivity contribution in [3.8, 4) is 0 Å². The zero-order valence-corrected chi connectivity index (χ0v) is 13.4. The second kappa shape index (κ2) is 6.91. The van der Waals surface area contributed by atoms with E-state index in [1.807, 2.05) is 4.90 Å². The maximum Gasteiger partial charge on any atom is 0.251 e. The van der Waals surface area contributed by atoms with Crippen LogP contribution in [0.15, 0.2) is 29.2 Å². The maximum atomic E-state index is 11.9. The molecule has 7 heteroatoms. The SMILES string of the molecule is CS(=O)(=O)c1ccc(C(=O)NCCC(=O)N2CCCC2)cc1. The van der Waals surface area contributed by atoms with E-state index in [0.717, 1.165) is 32.2 Å².